The molecule has 1 unspecified atom stereocenters. The van der Waals surface area contributed by atoms with Crippen molar-refractivity contribution in [3.8, 4) is 17.2 Å². The maximum atomic E-state index is 12.1. The van der Waals surface area contributed by atoms with Crippen LogP contribution in [0.25, 0.3) is 0 Å². The highest BCUT2D eigenvalue weighted by Crippen LogP contribution is 2.26. The first kappa shape index (κ1) is 17.1. The molecule has 3 rings (SSSR count). The van der Waals surface area contributed by atoms with Crippen LogP contribution in [0.2, 0.25) is 0 Å². The molecule has 2 aromatic rings. The van der Waals surface area contributed by atoms with Crippen LogP contribution in [0.15, 0.2) is 60.3 Å². The van der Waals surface area contributed by atoms with Crippen LogP contribution >= 0.6 is 0 Å². The molecule has 0 heterocycles. The zero-order chi connectivity index (χ0) is 17.6. The van der Waals surface area contributed by atoms with Crippen LogP contribution in [0, 0.1) is 5.92 Å². The lowest BCUT2D eigenvalue weighted by Gasteiger charge is -2.19. The summed E-state index contributed by atoms with van der Waals surface area (Å²) in [6, 6.07) is 15.1. The Balaban J connectivity index is 1.61. The SMILES string of the molecule is COc1ccc(Oc2ccc(N/C=C3/CCCC(C)C3=O)cc2)cc1. The van der Waals surface area contributed by atoms with E-state index in [2.05, 4.69) is 5.32 Å². The van der Waals surface area contributed by atoms with Gasteiger partial charge in [0, 0.05) is 23.4 Å². The minimum atomic E-state index is 0.141. The van der Waals surface area contributed by atoms with Crippen molar-refractivity contribution < 1.29 is 14.3 Å². The molecule has 2 aromatic carbocycles. The molecule has 0 bridgehead atoms. The normalized spacial score (nSPS) is 18.9. The van der Waals surface area contributed by atoms with Gasteiger partial charge < -0.3 is 14.8 Å². The monoisotopic (exact) mass is 337 g/mol. The van der Waals surface area contributed by atoms with E-state index >= 15 is 0 Å². The van der Waals surface area contributed by atoms with Crippen molar-refractivity contribution in [1.82, 2.24) is 0 Å². The summed E-state index contributed by atoms with van der Waals surface area (Å²) in [4.78, 5) is 12.1. The lowest BCUT2D eigenvalue weighted by atomic mass is 9.86. The number of hydrogen-bond donors (Lipinski definition) is 1. The molecule has 0 aliphatic heterocycles. The first-order valence-electron chi connectivity index (χ1n) is 8.57. The predicted molar refractivity (Wildman–Crippen MR) is 99.2 cm³/mol. The van der Waals surface area contributed by atoms with Gasteiger partial charge in [0.25, 0.3) is 0 Å². The largest absolute Gasteiger partial charge is 0.497 e. The molecule has 1 atom stereocenters. The summed E-state index contributed by atoms with van der Waals surface area (Å²) < 4.78 is 10.9. The molecule has 1 fully saturated rings. The van der Waals surface area contributed by atoms with Gasteiger partial charge in [-0.25, -0.2) is 0 Å². The molecular formula is C21H23NO3. The maximum absolute atomic E-state index is 12.1. The van der Waals surface area contributed by atoms with Gasteiger partial charge in [0.2, 0.25) is 0 Å². The van der Waals surface area contributed by atoms with Gasteiger partial charge in [-0.3, -0.25) is 4.79 Å². The summed E-state index contributed by atoms with van der Waals surface area (Å²) in [7, 11) is 1.64. The lowest BCUT2D eigenvalue weighted by Crippen LogP contribution is -2.19. The van der Waals surface area contributed by atoms with Crippen molar-refractivity contribution in [3.05, 3.63) is 60.3 Å². The molecule has 1 N–H and O–H groups in total. The van der Waals surface area contributed by atoms with E-state index in [1.807, 2.05) is 61.7 Å². The van der Waals surface area contributed by atoms with E-state index in [-0.39, 0.29) is 11.7 Å². The summed E-state index contributed by atoms with van der Waals surface area (Å²) in [5.74, 6) is 2.71. The van der Waals surface area contributed by atoms with Gasteiger partial charge in [-0.1, -0.05) is 6.92 Å². The number of methoxy groups -OCH3 is 1. The Hall–Kier alpha value is -2.75. The molecule has 0 spiro atoms. The molecule has 0 aromatic heterocycles. The van der Waals surface area contributed by atoms with Crippen LogP contribution in [0.5, 0.6) is 17.2 Å². The average molecular weight is 337 g/mol. The number of anilines is 1. The number of ketones is 1. The number of rotatable bonds is 5. The zero-order valence-corrected chi connectivity index (χ0v) is 14.6. The molecule has 0 radical (unpaired) electrons. The van der Waals surface area contributed by atoms with E-state index in [1.165, 1.54) is 0 Å². The summed E-state index contributed by atoms with van der Waals surface area (Å²) in [6.45, 7) is 2.00. The standard InChI is InChI=1S/C21H23NO3/c1-15-4-3-5-16(21(15)23)14-22-17-6-8-19(9-7-17)25-20-12-10-18(24-2)11-13-20/h6-15,22H,3-5H2,1-2H3/b16-14-. The third kappa shape index (κ3) is 4.41. The van der Waals surface area contributed by atoms with E-state index in [1.54, 1.807) is 7.11 Å². The van der Waals surface area contributed by atoms with Crippen molar-refractivity contribution in [2.24, 2.45) is 5.92 Å². The van der Waals surface area contributed by atoms with E-state index in [4.69, 9.17) is 9.47 Å². The molecule has 4 nitrogen and oxygen atoms in total. The van der Waals surface area contributed by atoms with Gasteiger partial charge in [-0.2, -0.15) is 0 Å². The molecule has 1 saturated carbocycles. The van der Waals surface area contributed by atoms with Crippen LogP contribution in [0.3, 0.4) is 0 Å². The van der Waals surface area contributed by atoms with Crippen molar-refractivity contribution in [1.29, 1.82) is 0 Å². The molecule has 0 saturated heterocycles. The smallest absolute Gasteiger partial charge is 0.163 e. The lowest BCUT2D eigenvalue weighted by molar-refractivity contribution is -0.119. The third-order valence-electron chi connectivity index (χ3n) is 4.41. The van der Waals surface area contributed by atoms with Crippen LogP contribution in [-0.2, 0) is 4.79 Å². The van der Waals surface area contributed by atoms with Gasteiger partial charge >= 0.3 is 0 Å². The second kappa shape index (κ2) is 7.88. The number of Topliss-reactive ketones (excluding diaryl/α,β-unsaturated/α-hetero) is 1. The van der Waals surface area contributed by atoms with Crippen LogP contribution < -0.4 is 14.8 Å². The summed E-state index contributed by atoms with van der Waals surface area (Å²) in [6.07, 6.45) is 4.77. The molecule has 0 amide bonds. The minimum Gasteiger partial charge on any atom is -0.497 e. The Bertz CT molecular complexity index is 748. The fourth-order valence-electron chi connectivity index (χ4n) is 2.88. The van der Waals surface area contributed by atoms with Crippen molar-refractivity contribution in [2.45, 2.75) is 26.2 Å². The Labute approximate surface area is 148 Å². The van der Waals surface area contributed by atoms with E-state index < -0.39 is 0 Å². The summed E-state index contributed by atoms with van der Waals surface area (Å²) in [5.41, 5.74) is 1.82. The number of benzene rings is 2. The highest BCUT2D eigenvalue weighted by atomic mass is 16.5. The predicted octanol–water partition coefficient (Wildman–Crippen LogP) is 5.17. The Kier molecular flexibility index (Phi) is 5.39. The van der Waals surface area contributed by atoms with Crippen LogP contribution in [0.1, 0.15) is 26.2 Å². The molecule has 1 aliphatic rings. The van der Waals surface area contributed by atoms with Gasteiger partial charge in [-0.15, -0.1) is 0 Å². The Morgan fingerprint density at radius 3 is 2.24 bits per heavy atom. The second-order valence-corrected chi connectivity index (χ2v) is 6.27. The molecule has 25 heavy (non-hydrogen) atoms. The van der Waals surface area contributed by atoms with Gasteiger partial charge in [0.05, 0.1) is 7.11 Å². The van der Waals surface area contributed by atoms with Crippen molar-refractivity contribution in [2.75, 3.05) is 12.4 Å². The quantitative estimate of drug-likeness (QED) is 0.764. The van der Waals surface area contributed by atoms with E-state index in [9.17, 15) is 4.79 Å². The molecular weight excluding hydrogens is 314 g/mol. The fourth-order valence-corrected chi connectivity index (χ4v) is 2.88. The Morgan fingerprint density at radius 1 is 1.00 bits per heavy atom. The van der Waals surface area contributed by atoms with Crippen LogP contribution in [-0.4, -0.2) is 12.9 Å². The number of allylic oxidation sites excluding steroid dienone is 1. The van der Waals surface area contributed by atoms with E-state index in [0.29, 0.717) is 0 Å². The minimum absolute atomic E-state index is 0.141. The maximum Gasteiger partial charge on any atom is 0.163 e. The molecule has 4 heteroatoms. The fraction of sp³-hybridized carbons (Fsp3) is 0.286. The number of carbonyl (C=O) groups is 1. The van der Waals surface area contributed by atoms with Crippen LogP contribution in [0.4, 0.5) is 5.69 Å². The van der Waals surface area contributed by atoms with Gasteiger partial charge in [0.15, 0.2) is 5.78 Å². The number of carbonyl (C=O) groups excluding carboxylic acids is 1. The Morgan fingerprint density at radius 2 is 1.60 bits per heavy atom. The topological polar surface area (TPSA) is 47.6 Å². The second-order valence-electron chi connectivity index (χ2n) is 6.27. The van der Waals surface area contributed by atoms with Gasteiger partial charge in [-0.05, 0) is 67.8 Å². The summed E-state index contributed by atoms with van der Waals surface area (Å²) >= 11 is 0. The van der Waals surface area contributed by atoms with E-state index in [0.717, 1.165) is 47.8 Å². The highest BCUT2D eigenvalue weighted by Gasteiger charge is 2.22. The number of ether oxygens (including phenoxy) is 2. The van der Waals surface area contributed by atoms with Gasteiger partial charge in [0.1, 0.15) is 17.2 Å². The summed E-state index contributed by atoms with van der Waals surface area (Å²) in [5, 5.41) is 3.22. The number of hydrogen-bond acceptors (Lipinski definition) is 4. The first-order chi connectivity index (χ1) is 12.2. The first-order valence-corrected chi connectivity index (χ1v) is 8.57. The highest BCUT2D eigenvalue weighted by molar-refractivity contribution is 5.97. The van der Waals surface area contributed by atoms with Crippen molar-refractivity contribution in [3.63, 3.8) is 0 Å². The molecule has 1 aliphatic carbocycles. The zero-order valence-electron chi connectivity index (χ0n) is 14.6. The van der Waals surface area contributed by atoms with Crippen molar-refractivity contribution >= 4 is 11.5 Å². The third-order valence-corrected chi connectivity index (χ3v) is 4.41. The average Bonchev–Trinajstić information content (AvgIpc) is 2.65. The molecule has 130 valence electrons. The number of nitrogens with one attached hydrogen (secondary N) is 1.